The highest BCUT2D eigenvalue weighted by atomic mass is 32.1. The fourth-order valence-corrected chi connectivity index (χ4v) is 1.51. The van der Waals surface area contributed by atoms with Gasteiger partial charge in [-0.25, -0.2) is 0 Å². The van der Waals surface area contributed by atoms with Crippen molar-refractivity contribution in [3.05, 3.63) is 29.8 Å². The second-order valence-electron chi connectivity index (χ2n) is 4.43. The monoisotopic (exact) mass is 236 g/mol. The van der Waals surface area contributed by atoms with Crippen LogP contribution < -0.4 is 10.6 Å². The molecule has 0 radical (unpaired) electrons. The minimum absolute atomic E-state index is 0.699. The maximum atomic E-state index is 5.20. The summed E-state index contributed by atoms with van der Waals surface area (Å²) in [5, 5.41) is 7.06. The summed E-state index contributed by atoms with van der Waals surface area (Å²) in [6, 6.07) is 8.20. The molecule has 0 aliphatic heterocycles. The molecule has 0 bridgehead atoms. The van der Waals surface area contributed by atoms with Gasteiger partial charge in [-0.15, -0.1) is 0 Å². The first-order chi connectivity index (χ1) is 7.58. The van der Waals surface area contributed by atoms with E-state index in [1.807, 2.05) is 12.1 Å². The lowest BCUT2D eigenvalue weighted by Gasteiger charge is -2.11. The SMILES string of the molecule is Cc1ccc(NC(=S)NCCC(C)C)cc1. The molecule has 0 aromatic heterocycles. The number of hydrogen-bond donors (Lipinski definition) is 2. The minimum Gasteiger partial charge on any atom is -0.362 e. The van der Waals surface area contributed by atoms with E-state index in [-0.39, 0.29) is 0 Å². The Morgan fingerprint density at radius 2 is 1.88 bits per heavy atom. The molecule has 0 saturated heterocycles. The zero-order valence-electron chi connectivity index (χ0n) is 10.2. The maximum absolute atomic E-state index is 5.20. The van der Waals surface area contributed by atoms with E-state index >= 15 is 0 Å². The maximum Gasteiger partial charge on any atom is 0.170 e. The Morgan fingerprint density at radius 1 is 1.25 bits per heavy atom. The van der Waals surface area contributed by atoms with E-state index in [0.717, 1.165) is 18.7 Å². The lowest BCUT2D eigenvalue weighted by atomic mass is 10.1. The molecule has 3 heteroatoms. The lowest BCUT2D eigenvalue weighted by Crippen LogP contribution is -2.29. The minimum atomic E-state index is 0.699. The van der Waals surface area contributed by atoms with E-state index in [9.17, 15) is 0 Å². The number of anilines is 1. The average Bonchev–Trinajstić information content (AvgIpc) is 2.21. The predicted molar refractivity (Wildman–Crippen MR) is 74.9 cm³/mol. The Morgan fingerprint density at radius 3 is 2.44 bits per heavy atom. The van der Waals surface area contributed by atoms with Crippen LogP contribution in [0, 0.1) is 12.8 Å². The summed E-state index contributed by atoms with van der Waals surface area (Å²) in [7, 11) is 0. The van der Waals surface area contributed by atoms with E-state index in [2.05, 4.69) is 43.5 Å². The van der Waals surface area contributed by atoms with Crippen LogP contribution in [-0.4, -0.2) is 11.7 Å². The summed E-state index contributed by atoms with van der Waals surface area (Å²) in [6.07, 6.45) is 1.13. The Labute approximate surface area is 103 Å². The number of rotatable bonds is 4. The molecule has 0 saturated carbocycles. The van der Waals surface area contributed by atoms with E-state index in [4.69, 9.17) is 12.2 Å². The number of hydrogen-bond acceptors (Lipinski definition) is 1. The number of benzene rings is 1. The third kappa shape index (κ3) is 5.12. The van der Waals surface area contributed by atoms with Crippen molar-refractivity contribution in [3.63, 3.8) is 0 Å². The Kier molecular flexibility index (Phi) is 5.26. The van der Waals surface area contributed by atoms with Crippen LogP contribution in [-0.2, 0) is 0 Å². The van der Waals surface area contributed by atoms with Gasteiger partial charge in [0.2, 0.25) is 0 Å². The molecule has 0 heterocycles. The highest BCUT2D eigenvalue weighted by Crippen LogP contribution is 2.08. The smallest absolute Gasteiger partial charge is 0.170 e. The van der Waals surface area contributed by atoms with E-state index < -0.39 is 0 Å². The predicted octanol–water partition coefficient (Wildman–Crippen LogP) is 3.33. The highest BCUT2D eigenvalue weighted by molar-refractivity contribution is 7.80. The average molecular weight is 236 g/mol. The van der Waals surface area contributed by atoms with Crippen molar-refractivity contribution < 1.29 is 0 Å². The van der Waals surface area contributed by atoms with Gasteiger partial charge in [0.15, 0.2) is 5.11 Å². The van der Waals surface area contributed by atoms with Crippen molar-refractivity contribution in [1.82, 2.24) is 5.32 Å². The number of thiocarbonyl (C=S) groups is 1. The van der Waals surface area contributed by atoms with Gasteiger partial charge < -0.3 is 10.6 Å². The first-order valence-electron chi connectivity index (χ1n) is 5.69. The molecule has 0 aliphatic carbocycles. The van der Waals surface area contributed by atoms with Gasteiger partial charge in [-0.05, 0) is 43.6 Å². The normalized spacial score (nSPS) is 10.2. The quantitative estimate of drug-likeness (QED) is 0.784. The van der Waals surface area contributed by atoms with Gasteiger partial charge in [-0.2, -0.15) is 0 Å². The van der Waals surface area contributed by atoms with Crippen LogP contribution in [0.2, 0.25) is 0 Å². The summed E-state index contributed by atoms with van der Waals surface area (Å²) in [6.45, 7) is 7.41. The molecule has 1 aromatic carbocycles. The zero-order chi connectivity index (χ0) is 12.0. The molecule has 1 aromatic rings. The summed E-state index contributed by atoms with van der Waals surface area (Å²) in [4.78, 5) is 0. The topological polar surface area (TPSA) is 24.1 Å². The van der Waals surface area contributed by atoms with Crippen molar-refractivity contribution >= 4 is 23.0 Å². The Bertz CT molecular complexity index is 330. The second-order valence-corrected chi connectivity index (χ2v) is 4.84. The lowest BCUT2D eigenvalue weighted by molar-refractivity contribution is 0.579. The van der Waals surface area contributed by atoms with Crippen molar-refractivity contribution in [1.29, 1.82) is 0 Å². The summed E-state index contributed by atoms with van der Waals surface area (Å²) in [5.41, 5.74) is 2.29. The van der Waals surface area contributed by atoms with Crippen LogP contribution in [0.15, 0.2) is 24.3 Å². The van der Waals surface area contributed by atoms with Crippen molar-refractivity contribution in [2.45, 2.75) is 27.2 Å². The fourth-order valence-electron chi connectivity index (χ4n) is 1.29. The number of aryl methyl sites for hydroxylation is 1. The molecular formula is C13H20N2S. The van der Waals surface area contributed by atoms with Crippen LogP contribution in [0.4, 0.5) is 5.69 Å². The van der Waals surface area contributed by atoms with Crippen molar-refractivity contribution in [2.24, 2.45) is 5.92 Å². The van der Waals surface area contributed by atoms with Crippen molar-refractivity contribution in [2.75, 3.05) is 11.9 Å². The van der Waals surface area contributed by atoms with Gasteiger partial charge in [0.25, 0.3) is 0 Å². The third-order valence-corrected chi connectivity index (χ3v) is 2.56. The molecule has 2 N–H and O–H groups in total. The Hall–Kier alpha value is -1.09. The van der Waals surface area contributed by atoms with E-state index in [1.54, 1.807) is 0 Å². The molecule has 0 fully saturated rings. The first kappa shape index (κ1) is 13.0. The van der Waals surface area contributed by atoms with Crippen LogP contribution in [0.25, 0.3) is 0 Å². The van der Waals surface area contributed by atoms with Gasteiger partial charge in [0, 0.05) is 12.2 Å². The molecule has 16 heavy (non-hydrogen) atoms. The standard InChI is InChI=1S/C13H20N2S/c1-10(2)8-9-14-13(16)15-12-6-4-11(3)5-7-12/h4-7,10H,8-9H2,1-3H3,(H2,14,15,16). The van der Waals surface area contributed by atoms with Crippen LogP contribution in [0.3, 0.4) is 0 Å². The third-order valence-electron chi connectivity index (χ3n) is 2.32. The molecule has 1 rings (SSSR count). The van der Waals surface area contributed by atoms with Gasteiger partial charge in [0.1, 0.15) is 0 Å². The van der Waals surface area contributed by atoms with Crippen molar-refractivity contribution in [3.8, 4) is 0 Å². The first-order valence-corrected chi connectivity index (χ1v) is 6.10. The fraction of sp³-hybridized carbons (Fsp3) is 0.462. The van der Waals surface area contributed by atoms with Gasteiger partial charge >= 0.3 is 0 Å². The van der Waals surface area contributed by atoms with Crippen LogP contribution >= 0.6 is 12.2 Å². The van der Waals surface area contributed by atoms with E-state index in [0.29, 0.717) is 11.0 Å². The molecule has 88 valence electrons. The van der Waals surface area contributed by atoms with Crippen LogP contribution in [0.5, 0.6) is 0 Å². The molecule has 0 atom stereocenters. The molecule has 0 spiro atoms. The molecule has 0 aliphatic rings. The van der Waals surface area contributed by atoms with E-state index in [1.165, 1.54) is 5.56 Å². The number of nitrogens with one attached hydrogen (secondary N) is 2. The largest absolute Gasteiger partial charge is 0.362 e. The van der Waals surface area contributed by atoms with Gasteiger partial charge in [-0.1, -0.05) is 31.5 Å². The second kappa shape index (κ2) is 6.48. The zero-order valence-corrected chi connectivity index (χ0v) is 11.0. The molecule has 0 unspecified atom stereocenters. The highest BCUT2D eigenvalue weighted by Gasteiger charge is 1.98. The van der Waals surface area contributed by atoms with Crippen LogP contribution in [0.1, 0.15) is 25.8 Å². The summed E-state index contributed by atoms with van der Waals surface area (Å²) < 4.78 is 0. The summed E-state index contributed by atoms with van der Waals surface area (Å²) in [5.74, 6) is 0.703. The summed E-state index contributed by atoms with van der Waals surface area (Å²) >= 11 is 5.20. The molecule has 2 nitrogen and oxygen atoms in total. The van der Waals surface area contributed by atoms with Gasteiger partial charge in [0.05, 0.1) is 0 Å². The molecule has 0 amide bonds. The Balaban J connectivity index is 2.31. The van der Waals surface area contributed by atoms with Gasteiger partial charge in [-0.3, -0.25) is 0 Å². The molecular weight excluding hydrogens is 216 g/mol.